The Morgan fingerprint density at radius 3 is 2.31 bits per heavy atom. The van der Waals surface area contributed by atoms with E-state index >= 15 is 0 Å². The van der Waals surface area contributed by atoms with Gasteiger partial charge < -0.3 is 10.5 Å². The van der Waals surface area contributed by atoms with Crippen LogP contribution in [-0.2, 0) is 0 Å². The quantitative estimate of drug-likeness (QED) is 0.842. The smallest absolute Gasteiger partial charge is 0.168 e. The molecular weight excluding hydrogens is 212 g/mol. The second kappa shape index (κ2) is 3.42. The van der Waals surface area contributed by atoms with Crippen molar-refractivity contribution in [2.45, 2.75) is 25.8 Å². The summed E-state index contributed by atoms with van der Waals surface area (Å²) in [6.45, 7) is 3.95. The fourth-order valence-corrected chi connectivity index (χ4v) is 2.30. The highest BCUT2D eigenvalue weighted by molar-refractivity contribution is 5.45. The molecular formula is C12H15F2NO. The summed E-state index contributed by atoms with van der Waals surface area (Å²) in [7, 11) is 1.38. The first kappa shape index (κ1) is 11.3. The van der Waals surface area contributed by atoms with Gasteiger partial charge in [-0.25, -0.2) is 8.78 Å². The summed E-state index contributed by atoms with van der Waals surface area (Å²) in [5, 5.41) is 0. The number of halogens is 2. The molecule has 1 fully saturated rings. The first-order valence-electron chi connectivity index (χ1n) is 5.18. The van der Waals surface area contributed by atoms with Gasteiger partial charge in [-0.15, -0.1) is 0 Å². The third-order valence-electron chi connectivity index (χ3n) is 3.49. The van der Waals surface area contributed by atoms with E-state index in [0.717, 1.165) is 6.07 Å². The van der Waals surface area contributed by atoms with Gasteiger partial charge in [-0.1, -0.05) is 13.8 Å². The molecule has 0 unspecified atom stereocenters. The van der Waals surface area contributed by atoms with Crippen molar-refractivity contribution < 1.29 is 13.5 Å². The molecule has 1 aliphatic carbocycles. The van der Waals surface area contributed by atoms with E-state index < -0.39 is 11.6 Å². The Morgan fingerprint density at radius 2 is 1.88 bits per heavy atom. The van der Waals surface area contributed by atoms with Gasteiger partial charge in [0.1, 0.15) is 5.82 Å². The zero-order chi connectivity index (χ0) is 12.1. The number of ether oxygens (including phenoxy) is 1. The standard InChI is InChI=1S/C12H15F2NO/c1-12(2)9(11(12)15)7-4-6(13)5-8(14)10(7)16-3/h4-5,9,11H,15H2,1-3H3/t9-,11-/m0/s1. The molecule has 88 valence electrons. The molecule has 1 aromatic rings. The Kier molecular flexibility index (Phi) is 2.42. The lowest BCUT2D eigenvalue weighted by atomic mass is 10.0. The minimum Gasteiger partial charge on any atom is -0.493 e. The number of nitrogens with two attached hydrogens (primary N) is 1. The highest BCUT2D eigenvalue weighted by Gasteiger charge is 2.57. The van der Waals surface area contributed by atoms with Crippen molar-refractivity contribution in [1.29, 1.82) is 0 Å². The van der Waals surface area contributed by atoms with Crippen molar-refractivity contribution in [3.05, 3.63) is 29.3 Å². The number of hydrogen-bond acceptors (Lipinski definition) is 2. The van der Waals surface area contributed by atoms with Gasteiger partial charge in [0, 0.05) is 23.6 Å². The molecule has 0 aromatic heterocycles. The third-order valence-corrected chi connectivity index (χ3v) is 3.49. The Labute approximate surface area is 93.4 Å². The van der Waals surface area contributed by atoms with Gasteiger partial charge in [-0.2, -0.15) is 0 Å². The van der Waals surface area contributed by atoms with Crippen molar-refractivity contribution in [2.75, 3.05) is 7.11 Å². The van der Waals surface area contributed by atoms with Gasteiger partial charge in [0.15, 0.2) is 11.6 Å². The molecule has 0 radical (unpaired) electrons. The summed E-state index contributed by atoms with van der Waals surface area (Å²) in [5.74, 6) is -1.21. The second-order valence-electron chi connectivity index (χ2n) is 4.83. The van der Waals surface area contributed by atoms with Crippen molar-refractivity contribution in [3.8, 4) is 5.75 Å². The molecule has 0 spiro atoms. The molecule has 2 N–H and O–H groups in total. The maximum absolute atomic E-state index is 13.5. The van der Waals surface area contributed by atoms with Crippen LogP contribution in [0, 0.1) is 17.0 Å². The van der Waals surface area contributed by atoms with E-state index in [1.807, 2.05) is 13.8 Å². The normalized spacial score (nSPS) is 26.6. The lowest BCUT2D eigenvalue weighted by molar-refractivity contribution is 0.377. The average molecular weight is 227 g/mol. The van der Waals surface area contributed by atoms with E-state index in [1.165, 1.54) is 13.2 Å². The van der Waals surface area contributed by atoms with Crippen molar-refractivity contribution in [2.24, 2.45) is 11.1 Å². The number of hydrogen-bond donors (Lipinski definition) is 1. The van der Waals surface area contributed by atoms with Crippen molar-refractivity contribution >= 4 is 0 Å². The van der Waals surface area contributed by atoms with Crippen LogP contribution in [-0.4, -0.2) is 13.2 Å². The monoisotopic (exact) mass is 227 g/mol. The molecule has 1 aliphatic rings. The van der Waals surface area contributed by atoms with Gasteiger partial charge >= 0.3 is 0 Å². The molecule has 1 aromatic carbocycles. The number of rotatable bonds is 2. The van der Waals surface area contributed by atoms with Gasteiger partial charge in [0.05, 0.1) is 7.11 Å². The van der Waals surface area contributed by atoms with E-state index in [2.05, 4.69) is 0 Å². The Morgan fingerprint density at radius 1 is 1.31 bits per heavy atom. The van der Waals surface area contributed by atoms with Crippen LogP contribution >= 0.6 is 0 Å². The Hall–Kier alpha value is -1.16. The fraction of sp³-hybridized carbons (Fsp3) is 0.500. The minimum atomic E-state index is -0.674. The average Bonchev–Trinajstić information content (AvgIpc) is 2.64. The summed E-state index contributed by atoms with van der Waals surface area (Å²) in [4.78, 5) is 0. The molecule has 2 nitrogen and oxygen atoms in total. The maximum atomic E-state index is 13.5. The molecule has 2 rings (SSSR count). The van der Waals surface area contributed by atoms with Crippen LogP contribution in [0.3, 0.4) is 0 Å². The summed E-state index contributed by atoms with van der Waals surface area (Å²) in [6, 6.07) is 2.05. The molecule has 16 heavy (non-hydrogen) atoms. The lowest BCUT2D eigenvalue weighted by Gasteiger charge is -2.10. The first-order chi connectivity index (χ1) is 7.39. The highest BCUT2D eigenvalue weighted by atomic mass is 19.1. The fourth-order valence-electron chi connectivity index (χ4n) is 2.30. The van der Waals surface area contributed by atoms with Crippen molar-refractivity contribution in [3.63, 3.8) is 0 Å². The van der Waals surface area contributed by atoms with Crippen LogP contribution in [0.2, 0.25) is 0 Å². The molecule has 2 atom stereocenters. The summed E-state index contributed by atoms with van der Waals surface area (Å²) < 4.78 is 31.6. The molecule has 4 heteroatoms. The molecule has 0 amide bonds. The maximum Gasteiger partial charge on any atom is 0.168 e. The predicted octanol–water partition coefficient (Wildman–Crippen LogP) is 2.42. The van der Waals surface area contributed by atoms with E-state index in [0.29, 0.717) is 5.56 Å². The Bertz CT molecular complexity index is 431. The van der Waals surface area contributed by atoms with Gasteiger partial charge in [-0.05, 0) is 11.5 Å². The lowest BCUT2D eigenvalue weighted by Crippen LogP contribution is -2.06. The first-order valence-corrected chi connectivity index (χ1v) is 5.18. The zero-order valence-electron chi connectivity index (χ0n) is 9.55. The summed E-state index contributed by atoms with van der Waals surface area (Å²) in [5.41, 5.74) is 6.29. The molecule has 0 bridgehead atoms. The van der Waals surface area contributed by atoms with Crippen LogP contribution in [0.25, 0.3) is 0 Å². The number of methoxy groups -OCH3 is 1. The topological polar surface area (TPSA) is 35.2 Å². The van der Waals surface area contributed by atoms with E-state index in [4.69, 9.17) is 10.5 Å². The molecule has 0 aliphatic heterocycles. The Balaban J connectivity index is 2.49. The van der Waals surface area contributed by atoms with Crippen LogP contribution < -0.4 is 10.5 Å². The van der Waals surface area contributed by atoms with Crippen molar-refractivity contribution in [1.82, 2.24) is 0 Å². The van der Waals surface area contributed by atoms with Gasteiger partial charge in [-0.3, -0.25) is 0 Å². The minimum absolute atomic E-state index is 0.0485. The summed E-state index contributed by atoms with van der Waals surface area (Å²) in [6.07, 6.45) is 0. The van der Waals surface area contributed by atoms with E-state index in [9.17, 15) is 8.78 Å². The van der Waals surface area contributed by atoms with Crippen LogP contribution in [0.1, 0.15) is 25.3 Å². The van der Waals surface area contributed by atoms with Crippen LogP contribution in [0.4, 0.5) is 8.78 Å². The molecule has 0 heterocycles. The molecule has 0 saturated heterocycles. The largest absolute Gasteiger partial charge is 0.493 e. The number of benzene rings is 1. The summed E-state index contributed by atoms with van der Waals surface area (Å²) >= 11 is 0. The second-order valence-corrected chi connectivity index (χ2v) is 4.83. The van der Waals surface area contributed by atoms with Crippen LogP contribution in [0.15, 0.2) is 12.1 Å². The predicted molar refractivity (Wildman–Crippen MR) is 57.4 cm³/mol. The van der Waals surface area contributed by atoms with E-state index in [1.54, 1.807) is 0 Å². The van der Waals surface area contributed by atoms with Gasteiger partial charge in [0.2, 0.25) is 0 Å². The third kappa shape index (κ3) is 1.48. The van der Waals surface area contributed by atoms with Gasteiger partial charge in [0.25, 0.3) is 0 Å². The highest BCUT2D eigenvalue weighted by Crippen LogP contribution is 2.59. The SMILES string of the molecule is COc1c(F)cc(F)cc1[C@H]1[C@H](N)C1(C)C. The zero-order valence-corrected chi connectivity index (χ0v) is 9.55. The molecule has 1 saturated carbocycles. The van der Waals surface area contributed by atoms with E-state index in [-0.39, 0.29) is 23.1 Å². The van der Waals surface area contributed by atoms with Crippen LogP contribution in [0.5, 0.6) is 5.75 Å².